The molecule has 5 aromatic rings. The average Bonchev–Trinajstić information content (AvgIpc) is 3.16. The van der Waals surface area contributed by atoms with Gasteiger partial charge in [-0.15, -0.1) is 0 Å². The van der Waals surface area contributed by atoms with Crippen LogP contribution in [0.3, 0.4) is 0 Å². The van der Waals surface area contributed by atoms with Crippen LogP contribution in [-0.2, 0) is 5.41 Å². The molecule has 0 unspecified atom stereocenters. The second-order valence-electron chi connectivity index (χ2n) is 8.15. The van der Waals surface area contributed by atoms with E-state index in [1.165, 1.54) is 44.5 Å². The van der Waals surface area contributed by atoms with Gasteiger partial charge in [-0.1, -0.05) is 127 Å². The fourth-order valence-electron chi connectivity index (χ4n) is 5.25. The van der Waals surface area contributed by atoms with Gasteiger partial charge in [0.2, 0.25) is 0 Å². The van der Waals surface area contributed by atoms with Gasteiger partial charge in [0, 0.05) is 0 Å². The number of hydrogen-bond donors (Lipinski definition) is 0. The molecule has 1 aliphatic rings. The molecule has 31 heavy (non-hydrogen) atoms. The highest BCUT2D eigenvalue weighted by Crippen LogP contribution is 2.56. The van der Waals surface area contributed by atoms with E-state index in [0.717, 1.165) is 0 Å². The summed E-state index contributed by atoms with van der Waals surface area (Å²) in [7, 11) is 0. The molecule has 6 rings (SSSR count). The van der Waals surface area contributed by atoms with Gasteiger partial charge in [-0.2, -0.15) is 0 Å². The average molecular weight is 395 g/mol. The van der Waals surface area contributed by atoms with Crippen LogP contribution in [0.25, 0.3) is 22.3 Å². The van der Waals surface area contributed by atoms with E-state index in [-0.39, 0.29) is 5.41 Å². The van der Waals surface area contributed by atoms with Crippen LogP contribution in [0.4, 0.5) is 0 Å². The van der Waals surface area contributed by atoms with E-state index >= 15 is 0 Å². The van der Waals surface area contributed by atoms with Crippen LogP contribution in [0.15, 0.2) is 133 Å². The summed E-state index contributed by atoms with van der Waals surface area (Å²) in [5, 5.41) is 0. The first kappa shape index (κ1) is 17.9. The lowest BCUT2D eigenvalue weighted by molar-refractivity contribution is 0.769. The van der Waals surface area contributed by atoms with Crippen molar-refractivity contribution in [2.24, 2.45) is 0 Å². The Hall–Kier alpha value is -3.90. The molecule has 146 valence electrons. The Kier molecular flexibility index (Phi) is 4.11. The van der Waals surface area contributed by atoms with Crippen LogP contribution in [0.5, 0.6) is 0 Å². The Morgan fingerprint density at radius 1 is 0.355 bits per heavy atom. The first-order valence-corrected chi connectivity index (χ1v) is 10.8. The molecule has 5 aromatic carbocycles. The first-order chi connectivity index (χ1) is 15.4. The molecular formula is C31H22. The predicted octanol–water partition coefficient (Wildman–Crippen LogP) is 7.72. The third-order valence-electron chi connectivity index (χ3n) is 6.57. The highest BCUT2D eigenvalue weighted by atomic mass is 14.5. The largest absolute Gasteiger partial charge is 0.0713 e. The SMILES string of the molecule is c1ccc(-c2ccc3c(c2)C(c2ccccc2)(c2ccccc2)c2ccccc2-3)cc1. The fraction of sp³-hybridized carbons (Fsp3) is 0.0323. The highest BCUT2D eigenvalue weighted by Gasteiger charge is 2.45. The summed E-state index contributed by atoms with van der Waals surface area (Å²) in [5.74, 6) is 0. The molecule has 0 saturated carbocycles. The minimum Gasteiger partial charge on any atom is -0.0622 e. The third kappa shape index (κ3) is 2.62. The van der Waals surface area contributed by atoms with Gasteiger partial charge in [0.15, 0.2) is 0 Å². The Morgan fingerprint density at radius 2 is 0.871 bits per heavy atom. The lowest BCUT2D eigenvalue weighted by Gasteiger charge is -2.34. The topological polar surface area (TPSA) is 0 Å². The highest BCUT2D eigenvalue weighted by molar-refractivity contribution is 5.88. The first-order valence-electron chi connectivity index (χ1n) is 10.8. The van der Waals surface area contributed by atoms with Gasteiger partial charge < -0.3 is 0 Å². The summed E-state index contributed by atoms with van der Waals surface area (Å²) in [5.41, 5.74) is 10.1. The zero-order valence-corrected chi connectivity index (χ0v) is 17.2. The Labute approximate surface area is 183 Å². The van der Waals surface area contributed by atoms with Gasteiger partial charge >= 0.3 is 0 Å². The normalized spacial score (nSPS) is 13.4. The Balaban J connectivity index is 1.74. The quantitative estimate of drug-likeness (QED) is 0.288. The second kappa shape index (κ2) is 7.11. The minimum absolute atomic E-state index is 0.334. The molecule has 0 aliphatic heterocycles. The number of fused-ring (bicyclic) bond motifs is 3. The summed E-state index contributed by atoms with van der Waals surface area (Å²) in [6.07, 6.45) is 0. The van der Waals surface area contributed by atoms with E-state index < -0.39 is 0 Å². The smallest absolute Gasteiger partial charge is 0.0622 e. The summed E-state index contributed by atoms with van der Waals surface area (Å²) < 4.78 is 0. The molecule has 0 amide bonds. The van der Waals surface area contributed by atoms with Gasteiger partial charge in [-0.25, -0.2) is 0 Å². The van der Waals surface area contributed by atoms with Crippen LogP contribution in [-0.4, -0.2) is 0 Å². The molecule has 0 N–H and O–H groups in total. The van der Waals surface area contributed by atoms with Crippen molar-refractivity contribution in [2.75, 3.05) is 0 Å². The van der Waals surface area contributed by atoms with Crippen molar-refractivity contribution < 1.29 is 0 Å². The number of benzene rings is 5. The van der Waals surface area contributed by atoms with E-state index in [0.29, 0.717) is 0 Å². The molecule has 0 saturated heterocycles. The number of hydrogen-bond acceptors (Lipinski definition) is 0. The van der Waals surface area contributed by atoms with Crippen LogP contribution in [0.2, 0.25) is 0 Å². The molecule has 0 nitrogen and oxygen atoms in total. The van der Waals surface area contributed by atoms with Crippen LogP contribution >= 0.6 is 0 Å². The lowest BCUT2D eigenvalue weighted by Crippen LogP contribution is -2.28. The second-order valence-corrected chi connectivity index (χ2v) is 8.15. The summed E-state index contributed by atoms with van der Waals surface area (Å²) in [6.45, 7) is 0. The van der Waals surface area contributed by atoms with Crippen LogP contribution < -0.4 is 0 Å². The van der Waals surface area contributed by atoms with Crippen molar-refractivity contribution in [3.05, 3.63) is 156 Å². The van der Waals surface area contributed by atoms with E-state index in [2.05, 4.69) is 133 Å². The van der Waals surface area contributed by atoms with Gasteiger partial charge in [-0.05, 0) is 50.6 Å². The molecular weight excluding hydrogens is 372 g/mol. The van der Waals surface area contributed by atoms with Gasteiger partial charge in [0.25, 0.3) is 0 Å². The molecule has 0 heterocycles. The zero-order valence-electron chi connectivity index (χ0n) is 17.2. The molecule has 0 bridgehead atoms. The molecule has 0 atom stereocenters. The van der Waals surface area contributed by atoms with Crippen LogP contribution in [0, 0.1) is 0 Å². The minimum atomic E-state index is -0.334. The Morgan fingerprint density at radius 3 is 1.52 bits per heavy atom. The van der Waals surface area contributed by atoms with E-state index in [4.69, 9.17) is 0 Å². The summed E-state index contributed by atoms with van der Waals surface area (Å²) in [6, 6.07) is 48.5. The van der Waals surface area contributed by atoms with Crippen molar-refractivity contribution in [3.63, 3.8) is 0 Å². The molecule has 1 aliphatic carbocycles. The molecule has 0 radical (unpaired) electrons. The van der Waals surface area contributed by atoms with Crippen molar-refractivity contribution >= 4 is 0 Å². The third-order valence-corrected chi connectivity index (χ3v) is 6.57. The van der Waals surface area contributed by atoms with E-state index in [1.807, 2.05) is 0 Å². The maximum atomic E-state index is 2.41. The molecule has 0 heteroatoms. The van der Waals surface area contributed by atoms with E-state index in [9.17, 15) is 0 Å². The van der Waals surface area contributed by atoms with Crippen molar-refractivity contribution in [1.82, 2.24) is 0 Å². The maximum Gasteiger partial charge on any atom is 0.0713 e. The van der Waals surface area contributed by atoms with E-state index in [1.54, 1.807) is 0 Å². The molecule has 0 fully saturated rings. The van der Waals surface area contributed by atoms with Gasteiger partial charge in [-0.3, -0.25) is 0 Å². The molecule has 0 spiro atoms. The number of rotatable bonds is 3. The van der Waals surface area contributed by atoms with Crippen molar-refractivity contribution in [1.29, 1.82) is 0 Å². The fourth-order valence-corrected chi connectivity index (χ4v) is 5.25. The van der Waals surface area contributed by atoms with Gasteiger partial charge in [0.1, 0.15) is 0 Å². The van der Waals surface area contributed by atoms with Crippen LogP contribution in [0.1, 0.15) is 22.3 Å². The maximum absolute atomic E-state index is 2.41. The zero-order chi connectivity index (χ0) is 20.7. The lowest BCUT2D eigenvalue weighted by atomic mass is 9.67. The monoisotopic (exact) mass is 394 g/mol. The predicted molar refractivity (Wildman–Crippen MR) is 129 cm³/mol. The van der Waals surface area contributed by atoms with Crippen molar-refractivity contribution in [3.8, 4) is 22.3 Å². The standard InChI is InChI=1S/C31H22/c1-4-12-23(13-5-1)24-20-21-28-27-18-10-11-19-29(27)31(30(28)22-24,25-14-6-2-7-15-25)26-16-8-3-9-17-26/h1-22H. The molecule has 0 aromatic heterocycles. The summed E-state index contributed by atoms with van der Waals surface area (Å²) in [4.78, 5) is 0. The van der Waals surface area contributed by atoms with Gasteiger partial charge in [0.05, 0.1) is 5.41 Å². The Bertz CT molecular complexity index is 1310. The summed E-state index contributed by atoms with van der Waals surface area (Å²) >= 11 is 0. The van der Waals surface area contributed by atoms with Crippen molar-refractivity contribution in [2.45, 2.75) is 5.41 Å².